The van der Waals surface area contributed by atoms with Crippen LogP contribution in [0.1, 0.15) is 23.2 Å². The number of aliphatic hydroxyl groups is 1. The van der Waals surface area contributed by atoms with E-state index < -0.39 is 6.10 Å². The van der Waals surface area contributed by atoms with E-state index in [0.717, 1.165) is 26.8 Å². The maximum atomic E-state index is 10.2. The fourth-order valence-corrected chi connectivity index (χ4v) is 3.04. The van der Waals surface area contributed by atoms with Gasteiger partial charge in [0.15, 0.2) is 0 Å². The molecule has 4 nitrogen and oxygen atoms in total. The third-order valence-electron chi connectivity index (χ3n) is 3.24. The summed E-state index contributed by atoms with van der Waals surface area (Å²) in [6.45, 7) is 3.88. The molecule has 3 rings (SSSR count). The third-order valence-corrected chi connectivity index (χ3v) is 4.02. The van der Waals surface area contributed by atoms with E-state index in [0.29, 0.717) is 16.7 Å². The van der Waals surface area contributed by atoms with Crippen LogP contribution in [0.5, 0.6) is 0 Å². The van der Waals surface area contributed by atoms with Crippen molar-refractivity contribution in [2.24, 2.45) is 5.73 Å². The monoisotopic (exact) mass is 323 g/mol. The van der Waals surface area contributed by atoms with Crippen LogP contribution in [0.2, 0.25) is 0 Å². The molecule has 19 heavy (non-hydrogen) atoms. The van der Waals surface area contributed by atoms with Crippen LogP contribution in [0.4, 0.5) is 0 Å². The molecule has 0 radical (unpaired) electrons. The van der Waals surface area contributed by atoms with Crippen LogP contribution in [0.25, 0.3) is 21.9 Å². The van der Waals surface area contributed by atoms with Gasteiger partial charge in [-0.05, 0) is 41.9 Å². The first-order chi connectivity index (χ1) is 9.02. The summed E-state index contributed by atoms with van der Waals surface area (Å²) < 4.78 is 12.3. The molecule has 1 unspecified atom stereocenters. The summed E-state index contributed by atoms with van der Waals surface area (Å²) >= 11 is 3.55. The van der Waals surface area contributed by atoms with E-state index in [4.69, 9.17) is 14.6 Å². The molecule has 1 aromatic carbocycles. The van der Waals surface area contributed by atoms with Crippen molar-refractivity contribution in [1.29, 1.82) is 0 Å². The quantitative estimate of drug-likeness (QED) is 0.756. The lowest BCUT2D eigenvalue weighted by Gasteiger charge is -2.11. The lowest BCUT2D eigenvalue weighted by molar-refractivity contribution is 0.188. The Bertz CT molecular complexity index is 714. The van der Waals surface area contributed by atoms with Crippen molar-refractivity contribution in [1.82, 2.24) is 0 Å². The van der Waals surface area contributed by atoms with E-state index in [-0.39, 0.29) is 6.54 Å². The number of halogens is 1. The second kappa shape index (κ2) is 4.37. The number of nitrogens with two attached hydrogens (primary N) is 1. The molecule has 0 saturated heterocycles. The van der Waals surface area contributed by atoms with Crippen LogP contribution in [0.15, 0.2) is 25.4 Å². The number of fused-ring (bicyclic) bond motifs is 2. The SMILES string of the molecule is Cc1cc2c(C(O)CN)c3oc(C)cc3c(Br)c2o1. The lowest BCUT2D eigenvalue weighted by atomic mass is 10.0. The highest BCUT2D eigenvalue weighted by molar-refractivity contribution is 9.10. The van der Waals surface area contributed by atoms with Gasteiger partial charge < -0.3 is 19.7 Å². The van der Waals surface area contributed by atoms with Crippen LogP contribution < -0.4 is 5.73 Å². The van der Waals surface area contributed by atoms with Crippen LogP contribution in [-0.4, -0.2) is 11.7 Å². The van der Waals surface area contributed by atoms with Crippen LogP contribution in [0, 0.1) is 13.8 Å². The van der Waals surface area contributed by atoms with Gasteiger partial charge in [-0.25, -0.2) is 0 Å². The van der Waals surface area contributed by atoms with Crippen molar-refractivity contribution in [3.63, 3.8) is 0 Å². The Labute approximate surface area is 118 Å². The number of furan rings is 2. The second-order valence-electron chi connectivity index (χ2n) is 4.68. The average molecular weight is 324 g/mol. The topological polar surface area (TPSA) is 72.5 Å². The minimum absolute atomic E-state index is 0.135. The molecule has 0 saturated carbocycles. The minimum Gasteiger partial charge on any atom is -0.461 e. The summed E-state index contributed by atoms with van der Waals surface area (Å²) in [5.74, 6) is 1.57. The smallest absolute Gasteiger partial charge is 0.149 e. The number of aliphatic hydroxyl groups excluding tert-OH is 1. The molecule has 0 spiro atoms. The zero-order chi connectivity index (χ0) is 13.7. The number of hydrogen-bond donors (Lipinski definition) is 2. The van der Waals surface area contributed by atoms with Crippen molar-refractivity contribution in [2.75, 3.05) is 6.54 Å². The fourth-order valence-electron chi connectivity index (χ4n) is 2.45. The van der Waals surface area contributed by atoms with Gasteiger partial charge >= 0.3 is 0 Å². The predicted octanol–water partition coefficient (Wildman–Crippen LogP) is 3.55. The van der Waals surface area contributed by atoms with Crippen LogP contribution >= 0.6 is 15.9 Å². The highest BCUT2D eigenvalue weighted by atomic mass is 79.9. The van der Waals surface area contributed by atoms with Gasteiger partial charge in [0.25, 0.3) is 0 Å². The summed E-state index contributed by atoms with van der Waals surface area (Å²) in [5.41, 5.74) is 7.68. The van der Waals surface area contributed by atoms with Crippen molar-refractivity contribution < 1.29 is 13.9 Å². The standard InChI is InChI=1S/C14H14BrNO3/c1-6-3-8-11(10(17)5-16)13-9(4-7(2)18-13)12(15)14(8)19-6/h3-4,10,17H,5,16H2,1-2H3. The number of hydrogen-bond acceptors (Lipinski definition) is 4. The third kappa shape index (κ3) is 1.81. The van der Waals surface area contributed by atoms with E-state index in [2.05, 4.69) is 15.9 Å². The molecule has 5 heteroatoms. The molecule has 2 heterocycles. The van der Waals surface area contributed by atoms with Gasteiger partial charge in [-0.2, -0.15) is 0 Å². The Morgan fingerprint density at radius 3 is 2.37 bits per heavy atom. The number of benzene rings is 1. The maximum absolute atomic E-state index is 10.2. The van der Waals surface area contributed by atoms with Gasteiger partial charge in [-0.1, -0.05) is 0 Å². The molecule has 2 aromatic heterocycles. The van der Waals surface area contributed by atoms with E-state index in [1.165, 1.54) is 0 Å². The van der Waals surface area contributed by atoms with Crippen LogP contribution in [0.3, 0.4) is 0 Å². The molecule has 0 fully saturated rings. The molecule has 3 aromatic rings. The molecule has 0 aliphatic carbocycles. The Morgan fingerprint density at radius 2 is 1.74 bits per heavy atom. The Kier molecular flexibility index (Phi) is 2.92. The molecule has 1 atom stereocenters. The first-order valence-electron chi connectivity index (χ1n) is 6.02. The van der Waals surface area contributed by atoms with E-state index in [1.807, 2.05) is 26.0 Å². The molecular formula is C14H14BrNO3. The Balaban J connectivity index is 2.54. The molecule has 0 amide bonds. The van der Waals surface area contributed by atoms with Crippen molar-refractivity contribution in [3.05, 3.63) is 33.7 Å². The number of rotatable bonds is 2. The molecule has 0 aliphatic rings. The molecule has 0 aliphatic heterocycles. The first kappa shape index (κ1) is 12.7. The average Bonchev–Trinajstić information content (AvgIpc) is 2.92. The number of aryl methyl sites for hydroxylation is 2. The van der Waals surface area contributed by atoms with Gasteiger partial charge in [0.1, 0.15) is 22.7 Å². The summed E-state index contributed by atoms with van der Waals surface area (Å²) in [7, 11) is 0. The van der Waals surface area contributed by atoms with E-state index in [1.54, 1.807) is 0 Å². The minimum atomic E-state index is -0.777. The summed E-state index contributed by atoms with van der Waals surface area (Å²) in [6, 6.07) is 3.81. The summed E-state index contributed by atoms with van der Waals surface area (Å²) in [4.78, 5) is 0. The molecule has 100 valence electrons. The van der Waals surface area contributed by atoms with Crippen molar-refractivity contribution in [3.8, 4) is 0 Å². The lowest BCUT2D eigenvalue weighted by Crippen LogP contribution is -2.12. The molecular weight excluding hydrogens is 310 g/mol. The largest absolute Gasteiger partial charge is 0.461 e. The first-order valence-corrected chi connectivity index (χ1v) is 6.82. The summed E-state index contributed by atoms with van der Waals surface area (Å²) in [6.07, 6.45) is -0.777. The highest BCUT2D eigenvalue weighted by Gasteiger charge is 2.23. The Hall–Kier alpha value is -1.30. The second-order valence-corrected chi connectivity index (χ2v) is 5.47. The predicted molar refractivity (Wildman–Crippen MR) is 77.2 cm³/mol. The van der Waals surface area contributed by atoms with Gasteiger partial charge in [0.2, 0.25) is 0 Å². The molecule has 0 bridgehead atoms. The normalized spacial score (nSPS) is 13.5. The highest BCUT2D eigenvalue weighted by Crippen LogP contribution is 2.41. The Morgan fingerprint density at radius 1 is 1.16 bits per heavy atom. The van der Waals surface area contributed by atoms with Crippen molar-refractivity contribution >= 4 is 37.9 Å². The van der Waals surface area contributed by atoms with Gasteiger partial charge in [-0.3, -0.25) is 0 Å². The zero-order valence-electron chi connectivity index (χ0n) is 10.7. The van der Waals surface area contributed by atoms with Gasteiger partial charge in [0, 0.05) is 22.9 Å². The fraction of sp³-hybridized carbons (Fsp3) is 0.286. The van der Waals surface area contributed by atoms with E-state index >= 15 is 0 Å². The zero-order valence-corrected chi connectivity index (χ0v) is 12.2. The molecule has 3 N–H and O–H groups in total. The van der Waals surface area contributed by atoms with Crippen LogP contribution in [-0.2, 0) is 0 Å². The maximum Gasteiger partial charge on any atom is 0.149 e. The summed E-state index contributed by atoms with van der Waals surface area (Å²) in [5, 5.41) is 11.9. The van der Waals surface area contributed by atoms with Crippen molar-refractivity contribution in [2.45, 2.75) is 20.0 Å². The van der Waals surface area contributed by atoms with E-state index in [9.17, 15) is 5.11 Å². The van der Waals surface area contributed by atoms with Gasteiger partial charge in [0.05, 0.1) is 10.6 Å². The van der Waals surface area contributed by atoms with Gasteiger partial charge in [-0.15, -0.1) is 0 Å².